The van der Waals surface area contributed by atoms with E-state index in [-0.39, 0.29) is 11.6 Å². The smallest absolute Gasteiger partial charge is 0.131 e. The highest BCUT2D eigenvalue weighted by molar-refractivity contribution is 5.75. The van der Waals surface area contributed by atoms with Gasteiger partial charge in [0.25, 0.3) is 0 Å². The van der Waals surface area contributed by atoms with E-state index in [0.29, 0.717) is 5.56 Å². The summed E-state index contributed by atoms with van der Waals surface area (Å²) in [5.74, 6) is -0.0263. The van der Waals surface area contributed by atoms with E-state index >= 15 is 0 Å². The number of halogens is 1. The van der Waals surface area contributed by atoms with E-state index < -0.39 is 0 Å². The molecule has 98 valence electrons. The van der Waals surface area contributed by atoms with Gasteiger partial charge in [0.2, 0.25) is 0 Å². The van der Waals surface area contributed by atoms with Crippen LogP contribution in [0, 0.1) is 12.7 Å². The van der Waals surface area contributed by atoms with Crippen molar-refractivity contribution in [3.63, 3.8) is 0 Å². The molecule has 0 aromatic heterocycles. The van der Waals surface area contributed by atoms with E-state index in [1.165, 1.54) is 6.07 Å². The second-order valence-corrected chi connectivity index (χ2v) is 4.69. The summed E-state index contributed by atoms with van der Waals surface area (Å²) in [5.41, 5.74) is 3.92. The van der Waals surface area contributed by atoms with Gasteiger partial charge in [0.1, 0.15) is 11.6 Å². The van der Waals surface area contributed by atoms with Gasteiger partial charge in [-0.1, -0.05) is 24.3 Å². The molecule has 2 aromatic carbocycles. The van der Waals surface area contributed by atoms with Crippen molar-refractivity contribution in [2.24, 2.45) is 0 Å². The Hall–Kier alpha value is -2.09. The Bertz CT molecular complexity index is 642. The first-order valence-corrected chi connectivity index (χ1v) is 6.25. The molecule has 0 saturated heterocycles. The minimum atomic E-state index is -0.241. The Kier molecular flexibility index (Phi) is 3.70. The third kappa shape index (κ3) is 2.68. The average molecular weight is 256 g/mol. The largest absolute Gasteiger partial charge is 0.507 e. The Balaban J connectivity index is 2.58. The van der Waals surface area contributed by atoms with E-state index in [4.69, 9.17) is 0 Å². The SMILES string of the molecule is CC=C(C)c1cc(-c2ccc(C)cc2F)ccc1O. The lowest BCUT2D eigenvalue weighted by molar-refractivity contribution is 0.473. The van der Waals surface area contributed by atoms with Crippen molar-refractivity contribution in [3.8, 4) is 16.9 Å². The zero-order valence-corrected chi connectivity index (χ0v) is 11.4. The van der Waals surface area contributed by atoms with Crippen LogP contribution in [0.3, 0.4) is 0 Å². The first-order chi connectivity index (χ1) is 9.02. The van der Waals surface area contributed by atoms with Crippen molar-refractivity contribution in [1.82, 2.24) is 0 Å². The standard InChI is InChI=1S/C17H17FO/c1-4-12(3)15-10-13(6-8-17(15)19)14-7-5-11(2)9-16(14)18/h4-10,19H,1-3H3. The molecule has 0 saturated carbocycles. The molecule has 0 heterocycles. The summed E-state index contributed by atoms with van der Waals surface area (Å²) >= 11 is 0. The van der Waals surface area contributed by atoms with Crippen LogP contribution in [-0.2, 0) is 0 Å². The van der Waals surface area contributed by atoms with Crippen LogP contribution >= 0.6 is 0 Å². The maximum Gasteiger partial charge on any atom is 0.131 e. The summed E-state index contributed by atoms with van der Waals surface area (Å²) in [6, 6.07) is 10.3. The van der Waals surface area contributed by atoms with Gasteiger partial charge in [-0.25, -0.2) is 4.39 Å². The predicted octanol–water partition coefficient (Wildman–Crippen LogP) is 4.93. The van der Waals surface area contributed by atoms with E-state index in [9.17, 15) is 9.50 Å². The molecule has 0 atom stereocenters. The van der Waals surface area contributed by atoms with Gasteiger partial charge in [0.05, 0.1) is 0 Å². The van der Waals surface area contributed by atoms with Crippen molar-refractivity contribution in [3.05, 3.63) is 59.4 Å². The average Bonchev–Trinajstić information content (AvgIpc) is 2.39. The predicted molar refractivity (Wildman–Crippen MR) is 77.6 cm³/mol. The van der Waals surface area contributed by atoms with Crippen molar-refractivity contribution < 1.29 is 9.50 Å². The lowest BCUT2D eigenvalue weighted by Gasteiger charge is -2.09. The van der Waals surface area contributed by atoms with Gasteiger partial charge >= 0.3 is 0 Å². The molecule has 1 nitrogen and oxygen atoms in total. The molecule has 1 N–H and O–H groups in total. The number of phenols is 1. The van der Waals surface area contributed by atoms with Crippen molar-refractivity contribution in [2.45, 2.75) is 20.8 Å². The van der Waals surface area contributed by atoms with Crippen LogP contribution in [0.15, 0.2) is 42.5 Å². The number of benzene rings is 2. The maximum atomic E-state index is 14.0. The zero-order valence-electron chi connectivity index (χ0n) is 11.4. The molecule has 2 heteroatoms. The lowest BCUT2D eigenvalue weighted by atomic mass is 9.98. The Labute approximate surface area is 113 Å². The van der Waals surface area contributed by atoms with Crippen LogP contribution in [0.4, 0.5) is 4.39 Å². The van der Waals surface area contributed by atoms with E-state index in [2.05, 4.69) is 0 Å². The first kappa shape index (κ1) is 13.3. The fraction of sp³-hybridized carbons (Fsp3) is 0.176. The molecule has 2 aromatic rings. The summed E-state index contributed by atoms with van der Waals surface area (Å²) in [6.07, 6.45) is 1.92. The molecular formula is C17H17FO. The summed E-state index contributed by atoms with van der Waals surface area (Å²) in [4.78, 5) is 0. The number of rotatable bonds is 2. The fourth-order valence-corrected chi connectivity index (χ4v) is 2.03. The van der Waals surface area contributed by atoms with E-state index in [1.807, 2.05) is 39.0 Å². The highest BCUT2D eigenvalue weighted by Crippen LogP contribution is 2.31. The van der Waals surface area contributed by atoms with Crippen LogP contribution in [0.2, 0.25) is 0 Å². The third-order valence-corrected chi connectivity index (χ3v) is 3.29. The first-order valence-electron chi connectivity index (χ1n) is 6.25. The minimum Gasteiger partial charge on any atom is -0.507 e. The normalized spacial score (nSPS) is 11.7. The molecule has 0 radical (unpaired) electrons. The molecule has 0 unspecified atom stereocenters. The Morgan fingerprint density at radius 2 is 1.89 bits per heavy atom. The van der Waals surface area contributed by atoms with Crippen LogP contribution < -0.4 is 0 Å². The van der Waals surface area contributed by atoms with Gasteiger partial charge in [-0.2, -0.15) is 0 Å². The minimum absolute atomic E-state index is 0.215. The van der Waals surface area contributed by atoms with Gasteiger partial charge < -0.3 is 5.11 Å². The number of aryl methyl sites for hydroxylation is 1. The Morgan fingerprint density at radius 3 is 2.53 bits per heavy atom. The molecule has 0 aliphatic carbocycles. The van der Waals surface area contributed by atoms with Gasteiger partial charge in [0.15, 0.2) is 0 Å². The molecule has 19 heavy (non-hydrogen) atoms. The van der Waals surface area contributed by atoms with Crippen LogP contribution in [0.25, 0.3) is 16.7 Å². The van der Waals surface area contributed by atoms with Gasteiger partial charge in [0, 0.05) is 11.1 Å². The molecule has 0 spiro atoms. The number of allylic oxidation sites excluding steroid dienone is 2. The van der Waals surface area contributed by atoms with Crippen LogP contribution in [0.5, 0.6) is 5.75 Å². The van der Waals surface area contributed by atoms with Gasteiger partial charge in [-0.15, -0.1) is 0 Å². The van der Waals surface area contributed by atoms with Crippen molar-refractivity contribution in [2.75, 3.05) is 0 Å². The van der Waals surface area contributed by atoms with Gasteiger partial charge in [-0.3, -0.25) is 0 Å². The topological polar surface area (TPSA) is 20.2 Å². The summed E-state index contributed by atoms with van der Waals surface area (Å²) in [7, 11) is 0. The maximum absolute atomic E-state index is 14.0. The number of phenolic OH excluding ortho intramolecular Hbond substituents is 1. The monoisotopic (exact) mass is 256 g/mol. The highest BCUT2D eigenvalue weighted by Gasteiger charge is 2.09. The Morgan fingerprint density at radius 1 is 1.16 bits per heavy atom. The molecule has 0 amide bonds. The molecular weight excluding hydrogens is 239 g/mol. The summed E-state index contributed by atoms with van der Waals surface area (Å²) in [6.45, 7) is 5.69. The second kappa shape index (κ2) is 5.27. The molecule has 0 aliphatic rings. The summed E-state index contributed by atoms with van der Waals surface area (Å²) in [5, 5.41) is 9.86. The van der Waals surface area contributed by atoms with E-state index in [0.717, 1.165) is 22.3 Å². The second-order valence-electron chi connectivity index (χ2n) is 4.69. The molecule has 0 bridgehead atoms. The van der Waals surface area contributed by atoms with Crippen LogP contribution in [-0.4, -0.2) is 5.11 Å². The third-order valence-electron chi connectivity index (χ3n) is 3.29. The van der Waals surface area contributed by atoms with Gasteiger partial charge in [-0.05, 0) is 55.7 Å². The number of hydrogen-bond donors (Lipinski definition) is 1. The molecule has 2 rings (SSSR count). The molecule has 0 aliphatic heterocycles. The van der Waals surface area contributed by atoms with E-state index in [1.54, 1.807) is 18.2 Å². The fourth-order valence-electron chi connectivity index (χ4n) is 2.03. The van der Waals surface area contributed by atoms with Crippen molar-refractivity contribution >= 4 is 5.57 Å². The van der Waals surface area contributed by atoms with Crippen LogP contribution in [0.1, 0.15) is 25.0 Å². The summed E-state index contributed by atoms with van der Waals surface area (Å²) < 4.78 is 14.0. The number of hydrogen-bond acceptors (Lipinski definition) is 1. The number of aromatic hydroxyl groups is 1. The highest BCUT2D eigenvalue weighted by atomic mass is 19.1. The molecule has 0 fully saturated rings. The lowest BCUT2D eigenvalue weighted by Crippen LogP contribution is -1.88. The van der Waals surface area contributed by atoms with Crippen molar-refractivity contribution in [1.29, 1.82) is 0 Å². The quantitative estimate of drug-likeness (QED) is 0.807. The zero-order chi connectivity index (χ0) is 14.0.